The summed E-state index contributed by atoms with van der Waals surface area (Å²) in [7, 11) is 0. The molecule has 0 atom stereocenters. The molecule has 0 aliphatic carbocycles. The van der Waals surface area contributed by atoms with E-state index >= 15 is 0 Å². The number of nitrogens with zero attached hydrogens (tertiary/aromatic N) is 4. The van der Waals surface area contributed by atoms with Crippen molar-refractivity contribution < 1.29 is 25.2 Å². The second kappa shape index (κ2) is 15.6. The van der Waals surface area contributed by atoms with Gasteiger partial charge in [0.05, 0.1) is 5.69 Å². The number of unbranched alkanes of at least 4 members (excludes halogenated alkanes) is 1. The van der Waals surface area contributed by atoms with Gasteiger partial charge in [0, 0.05) is 34.5 Å². The number of fused-ring (bicyclic) bond motifs is 3. The average Bonchev–Trinajstić information content (AvgIpc) is 3.62. The molecule has 52 heavy (non-hydrogen) atoms. The Bertz CT molecular complexity index is 2360. The van der Waals surface area contributed by atoms with Gasteiger partial charge in [0.15, 0.2) is 0 Å². The number of para-hydroxylation sites is 1. The standard InChI is InChI=1S/C46H48N4O.Pd/c1-9-12-15-33-20-21-47-44(24-33)49-42-17-14-13-16-40(42)41-19-18-38(28-43(41)49)51-39-26-36(29(4)5)25-37(27-39)50-32(8)45(31(7)48-50)46-34(10-2)22-30(6)23-35(46)11-3;/h13-14,16-26,29H,9-12,15H2,1-8H3;/q-2;+2. The molecule has 6 heteroatoms. The Balaban J connectivity index is 0.00000464. The minimum absolute atomic E-state index is 0. The second-order valence-electron chi connectivity index (χ2n) is 14.1. The van der Waals surface area contributed by atoms with E-state index in [-0.39, 0.29) is 26.3 Å². The van der Waals surface area contributed by atoms with Gasteiger partial charge in [-0.1, -0.05) is 82.5 Å². The first-order chi connectivity index (χ1) is 24.7. The van der Waals surface area contributed by atoms with Crippen molar-refractivity contribution >= 4 is 21.8 Å². The van der Waals surface area contributed by atoms with Crippen LogP contribution in [-0.4, -0.2) is 19.3 Å². The van der Waals surface area contributed by atoms with Crippen molar-refractivity contribution in [1.29, 1.82) is 0 Å². The van der Waals surface area contributed by atoms with Crippen LogP contribution in [0.25, 0.3) is 44.4 Å². The van der Waals surface area contributed by atoms with Gasteiger partial charge in [-0.05, 0) is 104 Å². The van der Waals surface area contributed by atoms with Crippen LogP contribution in [0.2, 0.25) is 0 Å². The largest absolute Gasteiger partial charge is 2.00 e. The van der Waals surface area contributed by atoms with Gasteiger partial charge in [-0.3, -0.25) is 4.68 Å². The maximum Gasteiger partial charge on any atom is 2.00 e. The fraction of sp³-hybridized carbons (Fsp3) is 0.304. The zero-order chi connectivity index (χ0) is 35.8. The van der Waals surface area contributed by atoms with E-state index in [0.29, 0.717) is 11.5 Å². The predicted molar refractivity (Wildman–Crippen MR) is 211 cm³/mol. The molecular weight excluding hydrogens is 731 g/mol. The van der Waals surface area contributed by atoms with E-state index in [1.165, 1.54) is 33.4 Å². The molecule has 0 unspecified atom stereocenters. The molecule has 5 nitrogen and oxygen atoms in total. The molecule has 0 aliphatic heterocycles. The van der Waals surface area contributed by atoms with Crippen LogP contribution in [0.5, 0.6) is 11.5 Å². The van der Waals surface area contributed by atoms with E-state index in [1.807, 2.05) is 16.9 Å². The van der Waals surface area contributed by atoms with E-state index in [4.69, 9.17) is 14.8 Å². The van der Waals surface area contributed by atoms with Crippen LogP contribution < -0.4 is 4.74 Å². The first-order valence-electron chi connectivity index (χ1n) is 18.6. The molecule has 3 heterocycles. The van der Waals surface area contributed by atoms with Crippen molar-refractivity contribution in [3.05, 3.63) is 130 Å². The third kappa shape index (κ3) is 7.00. The van der Waals surface area contributed by atoms with Crippen LogP contribution >= 0.6 is 0 Å². The third-order valence-electron chi connectivity index (χ3n) is 10.1. The van der Waals surface area contributed by atoms with Crippen molar-refractivity contribution in [1.82, 2.24) is 19.3 Å². The second-order valence-corrected chi connectivity index (χ2v) is 14.1. The van der Waals surface area contributed by atoms with Crippen LogP contribution in [-0.2, 0) is 39.7 Å². The number of ether oxygens (including phenoxy) is 1. The van der Waals surface area contributed by atoms with Crippen LogP contribution in [0.15, 0.2) is 79.0 Å². The maximum atomic E-state index is 6.66. The molecule has 0 spiro atoms. The Morgan fingerprint density at radius 2 is 1.54 bits per heavy atom. The molecule has 0 saturated carbocycles. The van der Waals surface area contributed by atoms with Crippen LogP contribution in [0, 0.1) is 32.9 Å². The summed E-state index contributed by atoms with van der Waals surface area (Å²) >= 11 is 0. The van der Waals surface area contributed by atoms with Crippen LogP contribution in [0.3, 0.4) is 0 Å². The van der Waals surface area contributed by atoms with Gasteiger partial charge in [0.2, 0.25) is 0 Å². The number of pyridine rings is 1. The molecule has 0 radical (unpaired) electrons. The molecule has 0 fully saturated rings. The number of benzene rings is 4. The van der Waals surface area contributed by atoms with Gasteiger partial charge in [0.1, 0.15) is 5.82 Å². The molecular formula is C46H48N4OPd. The van der Waals surface area contributed by atoms with Gasteiger partial charge in [-0.25, -0.2) is 4.98 Å². The first kappa shape index (κ1) is 37.3. The van der Waals surface area contributed by atoms with E-state index < -0.39 is 0 Å². The summed E-state index contributed by atoms with van der Waals surface area (Å²) in [6.07, 6.45) is 7.21. The summed E-state index contributed by atoms with van der Waals surface area (Å²) in [4.78, 5) is 4.83. The van der Waals surface area contributed by atoms with Crippen molar-refractivity contribution in [3.8, 4) is 34.1 Å². The Morgan fingerprint density at radius 3 is 2.25 bits per heavy atom. The van der Waals surface area contributed by atoms with Gasteiger partial charge >= 0.3 is 20.4 Å². The minimum atomic E-state index is 0. The Morgan fingerprint density at radius 1 is 0.788 bits per heavy atom. The molecule has 0 N–H and O–H groups in total. The first-order valence-corrected chi connectivity index (χ1v) is 18.6. The molecule has 0 amide bonds. The molecule has 268 valence electrons. The van der Waals surface area contributed by atoms with Gasteiger partial charge in [0.25, 0.3) is 0 Å². The fourth-order valence-electron chi connectivity index (χ4n) is 7.52. The van der Waals surface area contributed by atoms with Gasteiger partial charge in [-0.2, -0.15) is 11.2 Å². The van der Waals surface area contributed by atoms with E-state index in [2.05, 4.69) is 139 Å². The van der Waals surface area contributed by atoms with Crippen molar-refractivity contribution in [3.63, 3.8) is 0 Å². The quantitative estimate of drug-likeness (QED) is 0.0970. The number of aromatic nitrogens is 4. The summed E-state index contributed by atoms with van der Waals surface area (Å²) in [6, 6.07) is 33.1. The fourth-order valence-corrected chi connectivity index (χ4v) is 7.52. The number of rotatable bonds is 11. The number of aryl methyl sites for hydroxylation is 5. The molecule has 3 aromatic heterocycles. The van der Waals surface area contributed by atoms with E-state index in [9.17, 15) is 0 Å². The number of hydrogen-bond acceptors (Lipinski definition) is 3. The van der Waals surface area contributed by atoms with Crippen LogP contribution in [0.1, 0.15) is 92.6 Å². The summed E-state index contributed by atoms with van der Waals surface area (Å²) in [5.74, 6) is 2.45. The van der Waals surface area contributed by atoms with Gasteiger partial charge in [-0.15, -0.1) is 41.3 Å². The van der Waals surface area contributed by atoms with Gasteiger partial charge < -0.3 is 9.30 Å². The SMILES string of the molecule is CCCCc1ccnc(-n2c3[c-]c(Oc4[c-]c(-n5nc(C)c(-c6c(CC)cc(C)cc6CC)c5C)cc(C(C)C)c4)ccc3c3ccccc32)c1.[Pd+2]. The maximum absolute atomic E-state index is 6.66. The minimum Gasteiger partial charge on any atom is -0.509 e. The zero-order valence-corrected chi connectivity index (χ0v) is 33.2. The topological polar surface area (TPSA) is 44.9 Å². The van der Waals surface area contributed by atoms with E-state index in [1.54, 1.807) is 0 Å². The molecule has 7 rings (SSSR count). The summed E-state index contributed by atoms with van der Waals surface area (Å²) < 4.78 is 10.9. The van der Waals surface area contributed by atoms with Crippen molar-refractivity contribution in [2.75, 3.05) is 0 Å². The molecule has 0 saturated heterocycles. The number of hydrogen-bond donors (Lipinski definition) is 0. The Labute approximate surface area is 322 Å². The molecule has 7 aromatic rings. The van der Waals surface area contributed by atoms with E-state index in [0.717, 1.165) is 82.4 Å². The van der Waals surface area contributed by atoms with Crippen molar-refractivity contribution in [2.45, 2.75) is 93.4 Å². The normalized spacial score (nSPS) is 11.5. The smallest absolute Gasteiger partial charge is 0.509 e. The molecule has 0 aliphatic rings. The molecule has 0 bridgehead atoms. The average molecular weight is 779 g/mol. The zero-order valence-electron chi connectivity index (χ0n) is 31.6. The Kier molecular flexibility index (Phi) is 11.2. The summed E-state index contributed by atoms with van der Waals surface area (Å²) in [5.41, 5.74) is 14.1. The van der Waals surface area contributed by atoms with Crippen LogP contribution in [0.4, 0.5) is 0 Å². The van der Waals surface area contributed by atoms with Crippen molar-refractivity contribution in [2.24, 2.45) is 0 Å². The third-order valence-corrected chi connectivity index (χ3v) is 10.1. The summed E-state index contributed by atoms with van der Waals surface area (Å²) in [6.45, 7) is 17.6. The monoisotopic (exact) mass is 778 g/mol. The Hall–Kier alpha value is -4.50. The molecule has 4 aromatic carbocycles. The summed E-state index contributed by atoms with van der Waals surface area (Å²) in [5, 5.41) is 7.41. The predicted octanol–water partition coefficient (Wildman–Crippen LogP) is 11.9.